The molecule has 1 heterocycles. The molecular formula is C11H12FN3O2. The summed E-state index contributed by atoms with van der Waals surface area (Å²) in [6.45, 7) is -0.199. The van der Waals surface area contributed by atoms with Gasteiger partial charge < -0.3 is 10.0 Å². The summed E-state index contributed by atoms with van der Waals surface area (Å²) in [5.41, 5.74) is 1.06. The number of halogens is 1. The number of carboxylic acid groups (broad SMARTS) is 1. The lowest BCUT2D eigenvalue weighted by Crippen LogP contribution is -2.18. The van der Waals surface area contributed by atoms with E-state index < -0.39 is 5.97 Å². The van der Waals surface area contributed by atoms with E-state index in [1.165, 1.54) is 22.8 Å². The monoisotopic (exact) mass is 237 g/mol. The number of aromatic nitrogens is 2. The average molecular weight is 237 g/mol. The minimum Gasteiger partial charge on any atom is -0.480 e. The van der Waals surface area contributed by atoms with Gasteiger partial charge in [-0.1, -0.05) is 0 Å². The van der Waals surface area contributed by atoms with E-state index in [1.807, 2.05) is 0 Å². The maximum absolute atomic E-state index is 13.1. The van der Waals surface area contributed by atoms with Crippen LogP contribution in [-0.4, -0.2) is 34.7 Å². The van der Waals surface area contributed by atoms with Crippen LogP contribution in [-0.2, 0) is 11.3 Å². The Morgan fingerprint density at radius 2 is 2.24 bits per heavy atom. The second-order valence-corrected chi connectivity index (χ2v) is 3.92. The second-order valence-electron chi connectivity index (χ2n) is 3.92. The Hall–Kier alpha value is -2.11. The quantitative estimate of drug-likeness (QED) is 0.874. The fourth-order valence-corrected chi connectivity index (χ4v) is 1.72. The molecule has 90 valence electrons. The molecule has 0 spiro atoms. The first-order chi connectivity index (χ1) is 7.99. The first kappa shape index (κ1) is 11.4. The van der Waals surface area contributed by atoms with Crippen molar-refractivity contribution >= 4 is 23.0 Å². The fraction of sp³-hybridized carbons (Fsp3) is 0.273. The lowest BCUT2D eigenvalue weighted by molar-refractivity contribution is -0.137. The van der Waals surface area contributed by atoms with Gasteiger partial charge >= 0.3 is 5.97 Å². The van der Waals surface area contributed by atoms with Crippen molar-refractivity contribution in [2.45, 2.75) is 6.54 Å². The number of benzene rings is 1. The van der Waals surface area contributed by atoms with Gasteiger partial charge in [0.1, 0.15) is 12.4 Å². The number of rotatable bonds is 3. The van der Waals surface area contributed by atoms with Crippen LogP contribution in [0, 0.1) is 5.82 Å². The molecule has 0 atom stereocenters. The summed E-state index contributed by atoms with van der Waals surface area (Å²) < 4.78 is 14.6. The number of imidazole rings is 1. The topological polar surface area (TPSA) is 58.4 Å². The van der Waals surface area contributed by atoms with Crippen LogP contribution >= 0.6 is 0 Å². The molecule has 0 aliphatic carbocycles. The Bertz CT molecular complexity index is 577. The van der Waals surface area contributed by atoms with Gasteiger partial charge in [-0.2, -0.15) is 0 Å². The highest BCUT2D eigenvalue weighted by Crippen LogP contribution is 2.22. The number of carbonyl (C=O) groups is 1. The van der Waals surface area contributed by atoms with Crippen molar-refractivity contribution in [3.8, 4) is 0 Å². The molecule has 0 aliphatic heterocycles. The molecule has 17 heavy (non-hydrogen) atoms. The summed E-state index contributed by atoms with van der Waals surface area (Å²) in [5.74, 6) is -0.854. The minimum absolute atomic E-state index is 0.199. The molecule has 0 saturated carbocycles. The summed E-state index contributed by atoms with van der Waals surface area (Å²) in [6, 6.07) is 4.12. The second kappa shape index (κ2) is 4.04. The number of carboxylic acids is 1. The van der Waals surface area contributed by atoms with E-state index in [4.69, 9.17) is 5.11 Å². The van der Waals surface area contributed by atoms with Crippen LogP contribution < -0.4 is 4.90 Å². The van der Waals surface area contributed by atoms with Crippen molar-refractivity contribution in [3.05, 3.63) is 24.0 Å². The van der Waals surface area contributed by atoms with E-state index in [-0.39, 0.29) is 12.4 Å². The van der Waals surface area contributed by atoms with Crippen molar-refractivity contribution in [3.63, 3.8) is 0 Å². The molecule has 0 amide bonds. The minimum atomic E-state index is -0.961. The van der Waals surface area contributed by atoms with Gasteiger partial charge in [-0.3, -0.25) is 9.36 Å². The lowest BCUT2D eigenvalue weighted by Gasteiger charge is -2.13. The summed E-state index contributed by atoms with van der Waals surface area (Å²) in [4.78, 5) is 16.7. The molecule has 2 aromatic rings. The largest absolute Gasteiger partial charge is 0.480 e. The summed E-state index contributed by atoms with van der Waals surface area (Å²) in [6.07, 6.45) is 0. The Morgan fingerprint density at radius 3 is 2.82 bits per heavy atom. The van der Waals surface area contributed by atoms with E-state index in [1.54, 1.807) is 19.0 Å². The molecule has 0 fully saturated rings. The lowest BCUT2D eigenvalue weighted by atomic mass is 10.3. The first-order valence-electron chi connectivity index (χ1n) is 5.04. The van der Waals surface area contributed by atoms with Crippen molar-refractivity contribution in [1.29, 1.82) is 0 Å². The Balaban J connectivity index is 2.66. The molecule has 1 aromatic carbocycles. The maximum atomic E-state index is 13.1. The van der Waals surface area contributed by atoms with Gasteiger partial charge in [-0.25, -0.2) is 9.37 Å². The molecule has 2 rings (SSSR count). The molecule has 0 bridgehead atoms. The Kier molecular flexibility index (Phi) is 2.71. The fourth-order valence-electron chi connectivity index (χ4n) is 1.72. The van der Waals surface area contributed by atoms with Gasteiger partial charge in [0, 0.05) is 20.2 Å². The van der Waals surface area contributed by atoms with Crippen LogP contribution in [0.15, 0.2) is 18.2 Å². The van der Waals surface area contributed by atoms with Crippen molar-refractivity contribution < 1.29 is 14.3 Å². The van der Waals surface area contributed by atoms with Crippen LogP contribution in [0.4, 0.5) is 10.3 Å². The third kappa shape index (κ3) is 2.06. The van der Waals surface area contributed by atoms with Crippen LogP contribution in [0.25, 0.3) is 11.0 Å². The smallest absolute Gasteiger partial charge is 0.323 e. The third-order valence-electron chi connectivity index (χ3n) is 2.38. The van der Waals surface area contributed by atoms with E-state index >= 15 is 0 Å². The number of hydrogen-bond acceptors (Lipinski definition) is 3. The van der Waals surface area contributed by atoms with Gasteiger partial charge in [0.2, 0.25) is 5.95 Å². The number of aliphatic carboxylic acids is 1. The van der Waals surface area contributed by atoms with E-state index in [0.717, 1.165) is 0 Å². The molecule has 1 aromatic heterocycles. The normalized spacial score (nSPS) is 10.8. The van der Waals surface area contributed by atoms with Crippen LogP contribution in [0.3, 0.4) is 0 Å². The maximum Gasteiger partial charge on any atom is 0.323 e. The van der Waals surface area contributed by atoms with E-state index in [9.17, 15) is 9.18 Å². The van der Waals surface area contributed by atoms with Gasteiger partial charge in [0.25, 0.3) is 0 Å². The van der Waals surface area contributed by atoms with Crippen LogP contribution in [0.1, 0.15) is 0 Å². The van der Waals surface area contributed by atoms with Crippen LogP contribution in [0.5, 0.6) is 0 Å². The highest BCUT2D eigenvalue weighted by Gasteiger charge is 2.14. The third-order valence-corrected chi connectivity index (χ3v) is 2.38. The van der Waals surface area contributed by atoms with Crippen molar-refractivity contribution in [2.24, 2.45) is 0 Å². The molecule has 0 unspecified atom stereocenters. The standard InChI is InChI=1S/C11H12FN3O2/c1-14(2)11-13-8-5-7(12)3-4-9(8)15(11)6-10(16)17/h3-5H,6H2,1-2H3,(H,16,17). The molecule has 1 N–H and O–H groups in total. The van der Waals surface area contributed by atoms with Gasteiger partial charge in [-0.05, 0) is 12.1 Å². The summed E-state index contributed by atoms with van der Waals surface area (Å²) in [7, 11) is 3.52. The summed E-state index contributed by atoms with van der Waals surface area (Å²) >= 11 is 0. The number of anilines is 1. The van der Waals surface area contributed by atoms with Gasteiger partial charge in [-0.15, -0.1) is 0 Å². The zero-order valence-corrected chi connectivity index (χ0v) is 9.51. The SMILES string of the molecule is CN(C)c1nc2cc(F)ccc2n1CC(=O)O. The van der Waals surface area contributed by atoms with Gasteiger partial charge in [0.15, 0.2) is 0 Å². The highest BCUT2D eigenvalue weighted by molar-refractivity contribution is 5.81. The number of nitrogens with zero attached hydrogens (tertiary/aromatic N) is 3. The molecule has 0 radical (unpaired) electrons. The van der Waals surface area contributed by atoms with Crippen molar-refractivity contribution in [2.75, 3.05) is 19.0 Å². The zero-order chi connectivity index (χ0) is 12.6. The number of fused-ring (bicyclic) bond motifs is 1. The molecule has 5 nitrogen and oxygen atoms in total. The van der Waals surface area contributed by atoms with Gasteiger partial charge in [0.05, 0.1) is 11.0 Å². The zero-order valence-electron chi connectivity index (χ0n) is 9.51. The molecule has 0 aliphatic rings. The highest BCUT2D eigenvalue weighted by atomic mass is 19.1. The van der Waals surface area contributed by atoms with Crippen molar-refractivity contribution in [1.82, 2.24) is 9.55 Å². The molecule has 0 saturated heterocycles. The molecular weight excluding hydrogens is 225 g/mol. The first-order valence-corrected chi connectivity index (χ1v) is 5.04. The predicted molar refractivity (Wildman–Crippen MR) is 61.7 cm³/mol. The van der Waals surface area contributed by atoms with E-state index in [0.29, 0.717) is 17.0 Å². The van der Waals surface area contributed by atoms with Crippen LogP contribution in [0.2, 0.25) is 0 Å². The Morgan fingerprint density at radius 1 is 1.53 bits per heavy atom. The van der Waals surface area contributed by atoms with E-state index in [2.05, 4.69) is 4.98 Å². The average Bonchev–Trinajstić information content (AvgIpc) is 2.55. The number of hydrogen-bond donors (Lipinski definition) is 1. The Labute approximate surface area is 97.1 Å². The summed E-state index contributed by atoms with van der Waals surface area (Å²) in [5, 5.41) is 8.86. The predicted octanol–water partition coefficient (Wildman–Crippen LogP) is 1.33. The molecule has 6 heteroatoms.